The molecule has 0 saturated heterocycles. The van der Waals surface area contributed by atoms with Gasteiger partial charge in [-0.1, -0.05) is 15.9 Å². The number of halogens is 1. The summed E-state index contributed by atoms with van der Waals surface area (Å²) in [5, 5.41) is 11.9. The van der Waals surface area contributed by atoms with Gasteiger partial charge in [0.1, 0.15) is 0 Å². The number of fused-ring (bicyclic) bond motifs is 3. The van der Waals surface area contributed by atoms with E-state index in [2.05, 4.69) is 27.0 Å². The van der Waals surface area contributed by atoms with Crippen LogP contribution >= 0.6 is 15.9 Å². The van der Waals surface area contributed by atoms with Crippen LogP contribution < -0.4 is 0 Å². The first-order valence-electron chi connectivity index (χ1n) is 7.85. The number of rotatable bonds is 2. The van der Waals surface area contributed by atoms with E-state index in [9.17, 15) is 14.9 Å². The Hall–Kier alpha value is -2.67. The molecule has 1 N–H and O–H groups in total. The largest absolute Gasteiger partial charge is 0.358 e. The Morgan fingerprint density at radius 1 is 1.20 bits per heavy atom. The number of benzene rings is 2. The van der Waals surface area contributed by atoms with E-state index in [-0.39, 0.29) is 11.6 Å². The number of non-ortho nitro benzene ring substituents is 1. The van der Waals surface area contributed by atoms with Gasteiger partial charge in [-0.3, -0.25) is 14.9 Å². The Labute approximate surface area is 151 Å². The quantitative estimate of drug-likeness (QED) is 0.521. The SMILES string of the molecule is O=C(c1ccc([N+](=O)[O-])cc1)N1CCc2[nH]c3ccc(Br)cc3c2C1. The second-order valence-electron chi connectivity index (χ2n) is 6.05. The fourth-order valence-electron chi connectivity index (χ4n) is 3.27. The number of carbonyl (C=O) groups excluding carboxylic acids is 1. The van der Waals surface area contributed by atoms with E-state index in [1.54, 1.807) is 4.90 Å². The molecule has 1 aliphatic rings. The van der Waals surface area contributed by atoms with Gasteiger partial charge in [0.05, 0.1) is 4.92 Å². The van der Waals surface area contributed by atoms with Crippen LogP contribution in [0.2, 0.25) is 0 Å². The van der Waals surface area contributed by atoms with Gasteiger partial charge in [-0.15, -0.1) is 0 Å². The summed E-state index contributed by atoms with van der Waals surface area (Å²) in [6, 6.07) is 11.8. The minimum absolute atomic E-state index is 0.0149. The molecule has 0 radical (unpaired) electrons. The van der Waals surface area contributed by atoms with Gasteiger partial charge in [0.2, 0.25) is 0 Å². The number of amides is 1. The normalized spacial score (nSPS) is 13.7. The van der Waals surface area contributed by atoms with Crippen LogP contribution in [0, 0.1) is 10.1 Å². The van der Waals surface area contributed by atoms with Crippen molar-refractivity contribution in [1.82, 2.24) is 9.88 Å². The average molecular weight is 400 g/mol. The van der Waals surface area contributed by atoms with Gasteiger partial charge in [-0.25, -0.2) is 0 Å². The summed E-state index contributed by atoms with van der Waals surface area (Å²) in [7, 11) is 0. The number of hydrogen-bond acceptors (Lipinski definition) is 3. The topological polar surface area (TPSA) is 79.2 Å². The van der Waals surface area contributed by atoms with E-state index in [1.165, 1.54) is 30.0 Å². The van der Waals surface area contributed by atoms with Gasteiger partial charge < -0.3 is 9.88 Å². The molecule has 1 aromatic heterocycles. The maximum absolute atomic E-state index is 12.8. The van der Waals surface area contributed by atoms with Crippen molar-refractivity contribution < 1.29 is 9.72 Å². The van der Waals surface area contributed by atoms with E-state index < -0.39 is 4.92 Å². The molecule has 0 bridgehead atoms. The molecule has 2 heterocycles. The molecule has 2 aromatic carbocycles. The Morgan fingerprint density at radius 2 is 1.96 bits per heavy atom. The van der Waals surface area contributed by atoms with Gasteiger partial charge >= 0.3 is 0 Å². The lowest BCUT2D eigenvalue weighted by Crippen LogP contribution is -2.35. The van der Waals surface area contributed by atoms with Crippen LogP contribution in [-0.2, 0) is 13.0 Å². The Balaban J connectivity index is 1.63. The molecular formula is C18H14BrN3O3. The van der Waals surface area contributed by atoms with E-state index in [1.807, 2.05) is 12.1 Å². The van der Waals surface area contributed by atoms with Gasteiger partial charge in [0, 0.05) is 63.8 Å². The zero-order chi connectivity index (χ0) is 17.6. The fraction of sp³-hybridized carbons (Fsp3) is 0.167. The molecule has 3 aromatic rings. The van der Waals surface area contributed by atoms with E-state index in [0.717, 1.165) is 27.4 Å². The number of aromatic amines is 1. The van der Waals surface area contributed by atoms with Crippen LogP contribution in [0.5, 0.6) is 0 Å². The molecule has 0 aliphatic carbocycles. The standard InChI is InChI=1S/C18H14BrN3O3/c19-12-3-6-16-14(9-12)15-10-21(8-7-17(15)20-16)18(23)11-1-4-13(5-2-11)22(24)25/h1-6,9,20H,7-8,10H2. The number of carbonyl (C=O) groups is 1. The number of nitro groups is 1. The molecule has 25 heavy (non-hydrogen) atoms. The smallest absolute Gasteiger partial charge is 0.269 e. The second-order valence-corrected chi connectivity index (χ2v) is 6.97. The summed E-state index contributed by atoms with van der Waals surface area (Å²) in [6.45, 7) is 1.15. The summed E-state index contributed by atoms with van der Waals surface area (Å²) in [6.07, 6.45) is 0.764. The molecule has 0 spiro atoms. The summed E-state index contributed by atoms with van der Waals surface area (Å²) in [4.78, 5) is 28.2. The predicted molar refractivity (Wildman–Crippen MR) is 97.5 cm³/mol. The lowest BCUT2D eigenvalue weighted by Gasteiger charge is -2.27. The maximum atomic E-state index is 12.8. The first-order chi connectivity index (χ1) is 12.0. The van der Waals surface area contributed by atoms with Crippen molar-refractivity contribution in [2.45, 2.75) is 13.0 Å². The van der Waals surface area contributed by atoms with Gasteiger partial charge in [-0.2, -0.15) is 0 Å². The van der Waals surface area contributed by atoms with Crippen molar-refractivity contribution in [3.05, 3.63) is 73.9 Å². The summed E-state index contributed by atoms with van der Waals surface area (Å²) >= 11 is 3.49. The zero-order valence-corrected chi connectivity index (χ0v) is 14.7. The first kappa shape index (κ1) is 15.8. The summed E-state index contributed by atoms with van der Waals surface area (Å²) in [5.41, 5.74) is 3.82. The van der Waals surface area contributed by atoms with Crippen molar-refractivity contribution in [2.24, 2.45) is 0 Å². The molecular weight excluding hydrogens is 386 g/mol. The van der Waals surface area contributed by atoms with Crippen LogP contribution in [0.3, 0.4) is 0 Å². The number of hydrogen-bond donors (Lipinski definition) is 1. The van der Waals surface area contributed by atoms with Crippen molar-refractivity contribution in [3.8, 4) is 0 Å². The minimum atomic E-state index is -0.467. The van der Waals surface area contributed by atoms with Crippen molar-refractivity contribution in [2.75, 3.05) is 6.54 Å². The van der Waals surface area contributed by atoms with Crippen molar-refractivity contribution in [3.63, 3.8) is 0 Å². The van der Waals surface area contributed by atoms with E-state index >= 15 is 0 Å². The first-order valence-corrected chi connectivity index (χ1v) is 8.65. The lowest BCUT2D eigenvalue weighted by atomic mass is 10.0. The lowest BCUT2D eigenvalue weighted by molar-refractivity contribution is -0.384. The van der Waals surface area contributed by atoms with Gasteiger partial charge in [0.15, 0.2) is 0 Å². The van der Waals surface area contributed by atoms with Gasteiger partial charge in [-0.05, 0) is 30.3 Å². The summed E-state index contributed by atoms with van der Waals surface area (Å²) < 4.78 is 1.00. The van der Waals surface area contributed by atoms with Crippen molar-refractivity contribution in [1.29, 1.82) is 0 Å². The molecule has 0 atom stereocenters. The molecule has 0 saturated carbocycles. The highest BCUT2D eigenvalue weighted by Gasteiger charge is 2.25. The van der Waals surface area contributed by atoms with Gasteiger partial charge in [0.25, 0.3) is 11.6 Å². The number of nitrogens with one attached hydrogen (secondary N) is 1. The number of nitrogens with zero attached hydrogens (tertiary/aromatic N) is 2. The predicted octanol–water partition coefficient (Wildman–Crippen LogP) is 4.04. The summed E-state index contributed by atoms with van der Waals surface area (Å²) in [5.74, 6) is -0.107. The van der Waals surface area contributed by atoms with E-state index in [0.29, 0.717) is 18.7 Å². The molecule has 4 rings (SSSR count). The highest BCUT2D eigenvalue weighted by atomic mass is 79.9. The van der Waals surface area contributed by atoms with Crippen LogP contribution in [0.4, 0.5) is 5.69 Å². The number of nitro benzene ring substituents is 1. The molecule has 6 nitrogen and oxygen atoms in total. The highest BCUT2D eigenvalue weighted by molar-refractivity contribution is 9.10. The van der Waals surface area contributed by atoms with E-state index in [4.69, 9.17) is 0 Å². The number of aromatic nitrogens is 1. The average Bonchev–Trinajstić information content (AvgIpc) is 2.98. The Bertz CT molecular complexity index is 995. The number of H-pyrrole nitrogens is 1. The zero-order valence-electron chi connectivity index (χ0n) is 13.2. The second kappa shape index (κ2) is 6.00. The maximum Gasteiger partial charge on any atom is 0.269 e. The monoisotopic (exact) mass is 399 g/mol. The third-order valence-corrected chi connectivity index (χ3v) is 5.04. The molecule has 1 amide bonds. The molecule has 126 valence electrons. The van der Waals surface area contributed by atoms with Crippen molar-refractivity contribution >= 4 is 38.4 Å². The Kier molecular flexibility index (Phi) is 3.80. The third kappa shape index (κ3) is 2.80. The molecule has 7 heteroatoms. The molecule has 0 fully saturated rings. The fourth-order valence-corrected chi connectivity index (χ4v) is 3.63. The Morgan fingerprint density at radius 3 is 2.68 bits per heavy atom. The highest BCUT2D eigenvalue weighted by Crippen LogP contribution is 2.30. The van der Waals surface area contributed by atoms with Crippen LogP contribution in [-0.4, -0.2) is 27.3 Å². The molecule has 1 aliphatic heterocycles. The molecule has 0 unspecified atom stereocenters. The van der Waals surface area contributed by atoms with Crippen LogP contribution in [0.15, 0.2) is 46.9 Å². The van der Waals surface area contributed by atoms with Crippen LogP contribution in [0.25, 0.3) is 10.9 Å². The van der Waals surface area contributed by atoms with Crippen LogP contribution in [0.1, 0.15) is 21.6 Å². The minimum Gasteiger partial charge on any atom is -0.358 e. The third-order valence-electron chi connectivity index (χ3n) is 4.55.